The van der Waals surface area contributed by atoms with E-state index in [9.17, 15) is 4.79 Å². The average Bonchev–Trinajstić information content (AvgIpc) is 3.01. The Kier molecular flexibility index (Phi) is 5.05. The second-order valence-corrected chi connectivity index (χ2v) is 6.98. The molecule has 122 valence electrons. The Hall–Kier alpha value is -2.48. The Morgan fingerprint density at radius 2 is 1.96 bits per heavy atom. The number of amides is 1. The van der Waals surface area contributed by atoms with Gasteiger partial charge in [-0.1, -0.05) is 0 Å². The monoisotopic (exact) mass is 357 g/mol. The SMILES string of the molecule is Nc1ccc(SNc2ccc3sc(/C=C/C(=O)NO)cc3c2)cc1. The van der Waals surface area contributed by atoms with Crippen molar-refractivity contribution in [2.24, 2.45) is 0 Å². The van der Waals surface area contributed by atoms with Crippen molar-refractivity contribution in [2.45, 2.75) is 4.90 Å². The second-order valence-electron chi connectivity index (χ2n) is 4.98. The lowest BCUT2D eigenvalue weighted by molar-refractivity contribution is -0.124. The number of hydrogen-bond donors (Lipinski definition) is 4. The van der Waals surface area contributed by atoms with Crippen LogP contribution in [0.4, 0.5) is 11.4 Å². The minimum atomic E-state index is -0.547. The van der Waals surface area contributed by atoms with Crippen LogP contribution in [-0.4, -0.2) is 11.1 Å². The van der Waals surface area contributed by atoms with Gasteiger partial charge in [-0.15, -0.1) is 11.3 Å². The first-order valence-corrected chi connectivity index (χ1v) is 8.71. The number of hydroxylamine groups is 1. The standard InChI is InChI=1S/C17H15N3O2S2/c18-12-1-4-14(5-2-12)24-20-13-3-7-16-11(9-13)10-15(23-16)6-8-17(21)19-22/h1-10,20,22H,18H2,(H,19,21)/b8-6+. The molecule has 0 fully saturated rings. The highest BCUT2D eigenvalue weighted by Crippen LogP contribution is 2.30. The molecule has 0 atom stereocenters. The van der Waals surface area contributed by atoms with Gasteiger partial charge in [0.15, 0.2) is 0 Å². The van der Waals surface area contributed by atoms with Crippen molar-refractivity contribution in [2.75, 3.05) is 10.5 Å². The van der Waals surface area contributed by atoms with Gasteiger partial charge in [0, 0.05) is 31.9 Å². The van der Waals surface area contributed by atoms with Gasteiger partial charge in [0.2, 0.25) is 0 Å². The van der Waals surface area contributed by atoms with E-state index in [0.29, 0.717) is 0 Å². The molecule has 0 aliphatic heterocycles. The maximum atomic E-state index is 11.0. The average molecular weight is 357 g/mol. The molecule has 0 aliphatic rings. The van der Waals surface area contributed by atoms with Crippen LogP contribution >= 0.6 is 23.3 Å². The number of hydrogen-bond acceptors (Lipinski definition) is 6. The number of fused-ring (bicyclic) bond motifs is 1. The highest BCUT2D eigenvalue weighted by atomic mass is 32.2. The Morgan fingerprint density at radius 1 is 1.17 bits per heavy atom. The summed E-state index contributed by atoms with van der Waals surface area (Å²) in [7, 11) is 0. The number of nitrogens with one attached hydrogen (secondary N) is 2. The second kappa shape index (κ2) is 7.39. The van der Waals surface area contributed by atoms with Crippen LogP contribution in [0.5, 0.6) is 0 Å². The molecule has 24 heavy (non-hydrogen) atoms. The topological polar surface area (TPSA) is 87.4 Å². The van der Waals surface area contributed by atoms with Crippen LogP contribution in [-0.2, 0) is 4.79 Å². The molecule has 0 bridgehead atoms. The zero-order chi connectivity index (χ0) is 16.9. The van der Waals surface area contributed by atoms with E-state index in [2.05, 4.69) is 10.8 Å². The van der Waals surface area contributed by atoms with Crippen molar-refractivity contribution in [3.8, 4) is 0 Å². The van der Waals surface area contributed by atoms with Gasteiger partial charge in [-0.25, -0.2) is 5.48 Å². The van der Waals surface area contributed by atoms with E-state index in [1.807, 2.05) is 42.5 Å². The number of carbonyl (C=O) groups excluding carboxylic acids is 1. The molecule has 5 nitrogen and oxygen atoms in total. The molecular weight excluding hydrogens is 342 g/mol. The first kappa shape index (κ1) is 16.4. The quantitative estimate of drug-likeness (QED) is 0.181. The lowest BCUT2D eigenvalue weighted by Gasteiger charge is -2.05. The minimum Gasteiger partial charge on any atom is -0.399 e. The van der Waals surface area contributed by atoms with Crippen LogP contribution in [0.2, 0.25) is 0 Å². The fourth-order valence-corrected chi connectivity index (χ4v) is 3.64. The van der Waals surface area contributed by atoms with Gasteiger partial charge in [0.1, 0.15) is 0 Å². The summed E-state index contributed by atoms with van der Waals surface area (Å²) < 4.78 is 4.43. The van der Waals surface area contributed by atoms with Gasteiger partial charge in [-0.3, -0.25) is 10.0 Å². The predicted molar refractivity (Wildman–Crippen MR) is 101 cm³/mol. The van der Waals surface area contributed by atoms with Crippen LogP contribution in [0.1, 0.15) is 4.88 Å². The number of carbonyl (C=O) groups is 1. The number of thiophene rings is 1. The van der Waals surface area contributed by atoms with Gasteiger partial charge in [-0.2, -0.15) is 0 Å². The van der Waals surface area contributed by atoms with Crippen LogP contribution in [0.25, 0.3) is 16.2 Å². The van der Waals surface area contributed by atoms with E-state index in [1.165, 1.54) is 18.0 Å². The van der Waals surface area contributed by atoms with Crippen LogP contribution < -0.4 is 15.9 Å². The molecule has 2 aromatic carbocycles. The summed E-state index contributed by atoms with van der Waals surface area (Å²) in [5, 5.41) is 9.58. The molecule has 1 heterocycles. The van der Waals surface area contributed by atoms with E-state index in [4.69, 9.17) is 10.9 Å². The van der Waals surface area contributed by atoms with E-state index >= 15 is 0 Å². The number of anilines is 2. The van der Waals surface area contributed by atoms with E-state index in [-0.39, 0.29) is 0 Å². The zero-order valence-corrected chi connectivity index (χ0v) is 14.2. The van der Waals surface area contributed by atoms with Gasteiger partial charge in [0.05, 0.1) is 0 Å². The highest BCUT2D eigenvalue weighted by Gasteiger charge is 2.02. The molecule has 3 rings (SSSR count). The third kappa shape index (κ3) is 4.08. The Bertz CT molecular complexity index is 888. The molecule has 0 saturated heterocycles. The smallest absolute Gasteiger partial charge is 0.267 e. The lowest BCUT2D eigenvalue weighted by atomic mass is 10.2. The molecule has 3 aromatic rings. The van der Waals surface area contributed by atoms with E-state index < -0.39 is 5.91 Å². The summed E-state index contributed by atoms with van der Waals surface area (Å²) in [6, 6.07) is 15.8. The first-order valence-electron chi connectivity index (χ1n) is 7.08. The summed E-state index contributed by atoms with van der Waals surface area (Å²) in [4.78, 5) is 13.1. The third-order valence-electron chi connectivity index (χ3n) is 3.21. The lowest BCUT2D eigenvalue weighted by Crippen LogP contribution is -2.14. The van der Waals surface area contributed by atoms with Gasteiger partial charge >= 0.3 is 0 Å². The molecule has 0 unspecified atom stereocenters. The molecule has 0 saturated carbocycles. The fourth-order valence-electron chi connectivity index (χ4n) is 2.06. The van der Waals surface area contributed by atoms with Gasteiger partial charge in [0.25, 0.3) is 5.91 Å². The number of nitrogens with two attached hydrogens (primary N) is 1. The molecule has 5 N–H and O–H groups in total. The summed E-state index contributed by atoms with van der Waals surface area (Å²) in [6.45, 7) is 0. The van der Waals surface area contributed by atoms with Crippen LogP contribution in [0.3, 0.4) is 0 Å². The van der Waals surface area contributed by atoms with E-state index in [1.54, 1.807) is 22.9 Å². The zero-order valence-electron chi connectivity index (χ0n) is 12.5. The highest BCUT2D eigenvalue weighted by molar-refractivity contribution is 8.00. The molecule has 0 aliphatic carbocycles. The van der Waals surface area contributed by atoms with Crippen molar-refractivity contribution >= 4 is 56.7 Å². The summed E-state index contributed by atoms with van der Waals surface area (Å²) >= 11 is 3.10. The molecule has 1 aromatic heterocycles. The number of rotatable bonds is 5. The van der Waals surface area contributed by atoms with Crippen molar-refractivity contribution in [1.82, 2.24) is 5.48 Å². The van der Waals surface area contributed by atoms with Gasteiger partial charge in [-0.05, 0) is 71.9 Å². The molecule has 0 spiro atoms. The van der Waals surface area contributed by atoms with Crippen molar-refractivity contribution in [3.63, 3.8) is 0 Å². The predicted octanol–water partition coefficient (Wildman–Crippen LogP) is 4.12. The largest absolute Gasteiger partial charge is 0.399 e. The summed E-state index contributed by atoms with van der Waals surface area (Å²) in [5.74, 6) is -0.547. The van der Waals surface area contributed by atoms with E-state index in [0.717, 1.165) is 31.2 Å². The number of benzene rings is 2. The fraction of sp³-hybridized carbons (Fsp3) is 0. The Morgan fingerprint density at radius 3 is 2.71 bits per heavy atom. The van der Waals surface area contributed by atoms with Gasteiger partial charge < -0.3 is 10.5 Å². The summed E-state index contributed by atoms with van der Waals surface area (Å²) in [6.07, 6.45) is 2.97. The van der Waals surface area contributed by atoms with Crippen molar-refractivity contribution in [3.05, 3.63) is 59.5 Å². The van der Waals surface area contributed by atoms with Crippen LogP contribution in [0.15, 0.2) is 59.5 Å². The van der Waals surface area contributed by atoms with Crippen molar-refractivity contribution < 1.29 is 10.0 Å². The maximum absolute atomic E-state index is 11.0. The Balaban J connectivity index is 1.72. The van der Waals surface area contributed by atoms with Crippen molar-refractivity contribution in [1.29, 1.82) is 0 Å². The molecular formula is C17H15N3O2S2. The first-order chi connectivity index (χ1) is 11.6. The maximum Gasteiger partial charge on any atom is 0.267 e. The third-order valence-corrected chi connectivity index (χ3v) is 5.14. The molecule has 7 heteroatoms. The summed E-state index contributed by atoms with van der Waals surface area (Å²) in [5.41, 5.74) is 8.99. The Labute approximate surface area is 147 Å². The molecule has 0 radical (unpaired) electrons. The normalized spacial score (nSPS) is 11.0. The minimum absolute atomic E-state index is 0.547. The molecule has 1 amide bonds. The number of nitrogen functional groups attached to an aromatic ring is 1. The van der Waals surface area contributed by atoms with Crippen LogP contribution in [0, 0.1) is 0 Å².